The Labute approximate surface area is 146 Å². The van der Waals surface area contributed by atoms with Gasteiger partial charge in [-0.1, -0.05) is 11.6 Å². The molecule has 0 aromatic carbocycles. The highest BCUT2D eigenvalue weighted by molar-refractivity contribution is 6.29. The van der Waals surface area contributed by atoms with E-state index in [1.54, 1.807) is 20.2 Å². The Balaban J connectivity index is 2.09. The summed E-state index contributed by atoms with van der Waals surface area (Å²) in [5.41, 5.74) is 0. The van der Waals surface area contributed by atoms with Crippen LogP contribution in [0.4, 0.5) is 5.82 Å². The van der Waals surface area contributed by atoms with Crippen LogP contribution in [-0.4, -0.2) is 79.0 Å². The van der Waals surface area contributed by atoms with Gasteiger partial charge in [-0.15, -0.1) is 0 Å². The van der Waals surface area contributed by atoms with Crippen molar-refractivity contribution in [1.29, 1.82) is 0 Å². The van der Waals surface area contributed by atoms with Crippen LogP contribution in [0.25, 0.3) is 0 Å². The quantitative estimate of drug-likeness (QED) is 0.740. The molecular weight excluding hydrogens is 336 g/mol. The molecule has 1 N–H and O–H groups in total. The molecular formula is C15H23ClN4O4. The summed E-state index contributed by atoms with van der Waals surface area (Å²) in [5, 5.41) is 9.27. The number of ether oxygens (including phenoxy) is 2. The number of nitrogens with zero attached hydrogens (tertiary/aromatic N) is 4. The van der Waals surface area contributed by atoms with E-state index in [1.165, 1.54) is 4.90 Å². The molecule has 9 heteroatoms. The molecule has 1 aromatic heterocycles. The Hall–Kier alpha value is -1.48. The van der Waals surface area contributed by atoms with Crippen molar-refractivity contribution in [2.45, 2.75) is 19.1 Å². The molecule has 8 nitrogen and oxygen atoms in total. The molecule has 2 rings (SSSR count). The third-order valence-corrected chi connectivity index (χ3v) is 4.11. The lowest BCUT2D eigenvalue weighted by Crippen LogP contribution is -2.48. The average molecular weight is 359 g/mol. The van der Waals surface area contributed by atoms with Gasteiger partial charge in [0.1, 0.15) is 23.7 Å². The summed E-state index contributed by atoms with van der Waals surface area (Å²) >= 11 is 6.11. The molecule has 0 spiro atoms. The Bertz CT molecular complexity index is 574. The predicted molar refractivity (Wildman–Crippen MR) is 89.1 cm³/mol. The lowest BCUT2D eigenvalue weighted by atomic mass is 10.2. The minimum Gasteiger partial charge on any atom is -0.387 e. The topological polar surface area (TPSA) is 88.0 Å². The Morgan fingerprint density at radius 3 is 3.04 bits per heavy atom. The molecule has 2 heterocycles. The number of amides is 1. The van der Waals surface area contributed by atoms with Crippen molar-refractivity contribution in [1.82, 2.24) is 14.9 Å². The normalized spacial score (nSPS) is 19.2. The monoisotopic (exact) mass is 358 g/mol. The summed E-state index contributed by atoms with van der Waals surface area (Å²) in [4.78, 5) is 23.7. The number of aliphatic hydroxyl groups excluding tert-OH is 1. The van der Waals surface area contributed by atoms with Gasteiger partial charge in [0.2, 0.25) is 5.91 Å². The lowest BCUT2D eigenvalue weighted by Gasteiger charge is -2.35. The largest absolute Gasteiger partial charge is 0.387 e. The van der Waals surface area contributed by atoms with E-state index < -0.39 is 6.61 Å². The van der Waals surface area contributed by atoms with Gasteiger partial charge in [0.25, 0.3) is 0 Å². The first-order valence-corrected chi connectivity index (χ1v) is 8.11. The number of aromatic nitrogens is 2. The summed E-state index contributed by atoms with van der Waals surface area (Å²) < 4.78 is 11.0. The molecule has 1 aliphatic heterocycles. The van der Waals surface area contributed by atoms with E-state index in [4.69, 9.17) is 26.2 Å². The maximum atomic E-state index is 11.5. The van der Waals surface area contributed by atoms with E-state index in [-0.39, 0.29) is 18.1 Å². The van der Waals surface area contributed by atoms with Crippen LogP contribution in [0.15, 0.2) is 6.07 Å². The second-order valence-electron chi connectivity index (χ2n) is 5.66. The Kier molecular flexibility index (Phi) is 6.73. The number of hydrogen-bond acceptors (Lipinski definition) is 7. The van der Waals surface area contributed by atoms with Crippen LogP contribution >= 0.6 is 11.6 Å². The molecule has 1 aliphatic rings. The smallest absolute Gasteiger partial charge is 0.248 e. The number of carbonyl (C=O) groups is 1. The summed E-state index contributed by atoms with van der Waals surface area (Å²) in [7, 11) is 3.23. The van der Waals surface area contributed by atoms with Gasteiger partial charge in [-0.2, -0.15) is 0 Å². The van der Waals surface area contributed by atoms with Crippen molar-refractivity contribution in [3.63, 3.8) is 0 Å². The molecule has 1 aromatic rings. The number of rotatable bonds is 6. The summed E-state index contributed by atoms with van der Waals surface area (Å²) in [6.45, 7) is 3.50. The van der Waals surface area contributed by atoms with E-state index in [0.29, 0.717) is 43.0 Å². The average Bonchev–Trinajstić information content (AvgIpc) is 2.59. The fourth-order valence-corrected chi connectivity index (χ4v) is 2.62. The molecule has 1 amide bonds. The molecule has 2 atom stereocenters. The van der Waals surface area contributed by atoms with Gasteiger partial charge in [0, 0.05) is 39.9 Å². The van der Waals surface area contributed by atoms with Crippen molar-refractivity contribution in [3.05, 3.63) is 17.0 Å². The maximum Gasteiger partial charge on any atom is 0.248 e. The van der Waals surface area contributed by atoms with Gasteiger partial charge in [0.15, 0.2) is 5.82 Å². The molecule has 0 aliphatic carbocycles. The van der Waals surface area contributed by atoms with Crippen LogP contribution in [0, 0.1) is 0 Å². The Morgan fingerprint density at radius 2 is 2.38 bits per heavy atom. The first kappa shape index (κ1) is 18.9. The molecule has 0 saturated carbocycles. The van der Waals surface area contributed by atoms with Crippen LogP contribution in [0.3, 0.4) is 0 Å². The highest BCUT2D eigenvalue weighted by atomic mass is 35.5. The predicted octanol–water partition coefficient (Wildman–Crippen LogP) is 0.493. The molecule has 2 unspecified atom stereocenters. The SMILES string of the molecule is COC(C)c1nc(Cl)cc(N2CCOC(CN(C)C(=O)CO)C2)n1. The van der Waals surface area contributed by atoms with E-state index in [1.807, 2.05) is 11.8 Å². The first-order valence-electron chi connectivity index (χ1n) is 7.73. The molecule has 1 saturated heterocycles. The zero-order chi connectivity index (χ0) is 17.7. The molecule has 0 bridgehead atoms. The number of carbonyl (C=O) groups excluding carboxylic acids is 1. The highest BCUT2D eigenvalue weighted by Gasteiger charge is 2.25. The van der Waals surface area contributed by atoms with Crippen LogP contribution in [0.2, 0.25) is 5.15 Å². The van der Waals surface area contributed by atoms with Crippen molar-refractivity contribution in [2.24, 2.45) is 0 Å². The van der Waals surface area contributed by atoms with Crippen LogP contribution in [0.5, 0.6) is 0 Å². The van der Waals surface area contributed by atoms with Gasteiger partial charge in [-0.25, -0.2) is 9.97 Å². The van der Waals surface area contributed by atoms with Crippen molar-refractivity contribution in [2.75, 3.05) is 51.9 Å². The second kappa shape index (κ2) is 8.57. The fourth-order valence-electron chi connectivity index (χ4n) is 2.44. The van der Waals surface area contributed by atoms with Gasteiger partial charge >= 0.3 is 0 Å². The highest BCUT2D eigenvalue weighted by Crippen LogP contribution is 2.22. The van der Waals surface area contributed by atoms with Gasteiger partial charge < -0.3 is 24.4 Å². The van der Waals surface area contributed by atoms with Crippen LogP contribution < -0.4 is 4.90 Å². The Morgan fingerprint density at radius 1 is 1.62 bits per heavy atom. The van der Waals surface area contributed by atoms with Crippen molar-refractivity contribution in [3.8, 4) is 0 Å². The number of hydrogen-bond donors (Lipinski definition) is 1. The van der Waals surface area contributed by atoms with Gasteiger partial charge in [-0.3, -0.25) is 4.79 Å². The molecule has 1 fully saturated rings. The number of anilines is 1. The minimum atomic E-state index is -0.507. The zero-order valence-electron chi connectivity index (χ0n) is 14.1. The first-order chi connectivity index (χ1) is 11.4. The summed E-state index contributed by atoms with van der Waals surface area (Å²) in [6, 6.07) is 1.71. The number of halogens is 1. The van der Waals surface area contributed by atoms with E-state index in [0.717, 1.165) is 0 Å². The standard InChI is InChI=1S/C15H23ClN4O4/c1-10(23-3)15-17-12(16)6-13(18-15)20-4-5-24-11(8-20)7-19(2)14(22)9-21/h6,10-11,21H,4-5,7-9H2,1-3H3. The van der Waals surface area contributed by atoms with Crippen LogP contribution in [0.1, 0.15) is 18.9 Å². The maximum absolute atomic E-state index is 11.5. The van der Waals surface area contributed by atoms with Crippen LogP contribution in [-0.2, 0) is 14.3 Å². The zero-order valence-corrected chi connectivity index (χ0v) is 14.9. The van der Waals surface area contributed by atoms with Gasteiger partial charge in [-0.05, 0) is 6.92 Å². The number of aliphatic hydroxyl groups is 1. The van der Waals surface area contributed by atoms with E-state index >= 15 is 0 Å². The van der Waals surface area contributed by atoms with E-state index in [9.17, 15) is 4.79 Å². The molecule has 134 valence electrons. The lowest BCUT2D eigenvalue weighted by molar-refractivity contribution is -0.134. The van der Waals surface area contributed by atoms with Crippen molar-refractivity contribution < 1.29 is 19.4 Å². The van der Waals surface area contributed by atoms with E-state index in [2.05, 4.69) is 9.97 Å². The van der Waals surface area contributed by atoms with Crippen molar-refractivity contribution >= 4 is 23.3 Å². The summed E-state index contributed by atoms with van der Waals surface area (Å²) in [6.07, 6.45) is -0.427. The third-order valence-electron chi connectivity index (χ3n) is 3.92. The number of morpholine rings is 1. The number of methoxy groups -OCH3 is 1. The number of likely N-dealkylation sites (N-methyl/N-ethyl adjacent to an activating group) is 1. The molecule has 24 heavy (non-hydrogen) atoms. The minimum absolute atomic E-state index is 0.170. The summed E-state index contributed by atoms with van der Waals surface area (Å²) in [5.74, 6) is 0.894. The van der Waals surface area contributed by atoms with Gasteiger partial charge in [0.05, 0.1) is 12.7 Å². The second-order valence-corrected chi connectivity index (χ2v) is 6.04. The fraction of sp³-hybridized carbons (Fsp3) is 0.667. The molecule has 0 radical (unpaired) electrons. The third kappa shape index (κ3) is 4.76.